The third-order valence-electron chi connectivity index (χ3n) is 4.02. The highest BCUT2D eigenvalue weighted by Crippen LogP contribution is 2.21. The van der Waals surface area contributed by atoms with Gasteiger partial charge in [0, 0.05) is 26.7 Å². The first-order chi connectivity index (χ1) is 10.6. The van der Waals surface area contributed by atoms with Crippen molar-refractivity contribution in [1.82, 2.24) is 10.2 Å². The minimum Gasteiger partial charge on any atom is -0.410 e. The molecule has 0 heterocycles. The highest BCUT2D eigenvalue weighted by molar-refractivity contribution is 5.85. The predicted molar refractivity (Wildman–Crippen MR) is 93.2 cm³/mol. The van der Waals surface area contributed by atoms with Crippen LogP contribution in [-0.4, -0.2) is 42.8 Å². The zero-order valence-electron chi connectivity index (χ0n) is 13.8. The maximum absolute atomic E-state index is 11.6. The molecule has 0 aliphatic heterocycles. The highest BCUT2D eigenvalue weighted by atomic mass is 35.5. The van der Waals surface area contributed by atoms with E-state index in [-0.39, 0.29) is 12.4 Å². The van der Waals surface area contributed by atoms with E-state index in [1.165, 1.54) is 37.0 Å². The Bertz CT molecular complexity index is 490. The fraction of sp³-hybridized carbons (Fsp3) is 0.588. The Hall–Kier alpha value is -1.30. The van der Waals surface area contributed by atoms with Gasteiger partial charge in [-0.05, 0) is 30.5 Å². The van der Waals surface area contributed by atoms with E-state index in [9.17, 15) is 9.90 Å². The van der Waals surface area contributed by atoms with Gasteiger partial charge in [0.05, 0.1) is 6.10 Å². The number of halogens is 1. The normalized spacial score (nSPS) is 16.3. The molecule has 0 aromatic heterocycles. The molecule has 0 spiro atoms. The summed E-state index contributed by atoms with van der Waals surface area (Å²) in [6, 6.07) is 7.58. The molecule has 1 fully saturated rings. The van der Waals surface area contributed by atoms with Gasteiger partial charge in [-0.1, -0.05) is 31.4 Å². The number of carbonyl (C=O) groups excluding carboxylic acids is 1. The molecule has 0 radical (unpaired) electrons. The molecule has 2 rings (SSSR count). The Labute approximate surface area is 144 Å². The maximum atomic E-state index is 11.6. The summed E-state index contributed by atoms with van der Waals surface area (Å²) >= 11 is 0. The van der Waals surface area contributed by atoms with Gasteiger partial charge in [0.1, 0.15) is 5.75 Å². The molecule has 6 heteroatoms. The van der Waals surface area contributed by atoms with Gasteiger partial charge in [0.25, 0.3) is 0 Å². The van der Waals surface area contributed by atoms with E-state index in [1.807, 2.05) is 6.07 Å². The largest absolute Gasteiger partial charge is 0.414 e. The lowest BCUT2D eigenvalue weighted by Crippen LogP contribution is -2.34. The number of aliphatic hydroxyl groups excluding tert-OH is 1. The molecule has 130 valence electrons. The summed E-state index contributed by atoms with van der Waals surface area (Å²) in [6.07, 6.45) is 5.21. The minimum atomic E-state index is -0.597. The maximum Gasteiger partial charge on any atom is 0.414 e. The summed E-state index contributed by atoms with van der Waals surface area (Å²) in [7, 11) is 3.27. The standard InChI is InChI=1S/C17H26N2O3.ClH/c1-19(2)17(21)22-15-10-6-7-13(11-15)16(20)12-18-14-8-4-3-5-9-14;/h6-7,10-11,14,16,18,20H,3-5,8-9,12H2,1-2H3;1H. The third kappa shape index (κ3) is 6.37. The number of rotatable bonds is 5. The van der Waals surface area contributed by atoms with Crippen LogP contribution in [0, 0.1) is 0 Å². The predicted octanol–water partition coefficient (Wildman–Crippen LogP) is 3.12. The van der Waals surface area contributed by atoms with Crippen LogP contribution < -0.4 is 10.1 Å². The Morgan fingerprint density at radius 1 is 1.35 bits per heavy atom. The average Bonchev–Trinajstić information content (AvgIpc) is 2.53. The first-order valence-electron chi connectivity index (χ1n) is 7.97. The molecule has 1 atom stereocenters. The van der Waals surface area contributed by atoms with Crippen molar-refractivity contribution >= 4 is 18.5 Å². The summed E-state index contributed by atoms with van der Waals surface area (Å²) in [6.45, 7) is 0.524. The molecule has 1 saturated carbocycles. The number of hydrogen-bond donors (Lipinski definition) is 2. The summed E-state index contributed by atoms with van der Waals surface area (Å²) in [5.74, 6) is 0.452. The van der Waals surface area contributed by atoms with Crippen LogP contribution in [0.25, 0.3) is 0 Å². The lowest BCUT2D eigenvalue weighted by molar-refractivity contribution is 0.163. The van der Waals surface area contributed by atoms with Gasteiger partial charge in [-0.15, -0.1) is 12.4 Å². The van der Waals surface area contributed by atoms with E-state index in [0.29, 0.717) is 18.3 Å². The Balaban J connectivity index is 0.00000264. The van der Waals surface area contributed by atoms with Crippen LogP contribution >= 0.6 is 12.4 Å². The number of aliphatic hydroxyl groups is 1. The zero-order chi connectivity index (χ0) is 15.9. The monoisotopic (exact) mass is 342 g/mol. The fourth-order valence-electron chi connectivity index (χ4n) is 2.68. The molecule has 1 unspecified atom stereocenters. The van der Waals surface area contributed by atoms with Crippen molar-refractivity contribution in [3.8, 4) is 5.75 Å². The molecular weight excluding hydrogens is 316 g/mol. The van der Waals surface area contributed by atoms with Gasteiger partial charge in [-0.2, -0.15) is 0 Å². The Kier molecular flexibility index (Phi) is 8.37. The smallest absolute Gasteiger partial charge is 0.410 e. The van der Waals surface area contributed by atoms with Crippen LogP contribution in [0.2, 0.25) is 0 Å². The van der Waals surface area contributed by atoms with E-state index in [4.69, 9.17) is 4.74 Å². The molecular formula is C17H27ClN2O3. The molecule has 23 heavy (non-hydrogen) atoms. The van der Waals surface area contributed by atoms with Crippen LogP contribution in [0.3, 0.4) is 0 Å². The number of nitrogens with zero attached hydrogens (tertiary/aromatic N) is 1. The number of amides is 1. The molecule has 1 aliphatic carbocycles. The van der Waals surface area contributed by atoms with Gasteiger partial charge in [-0.25, -0.2) is 4.79 Å². The Morgan fingerprint density at radius 2 is 2.04 bits per heavy atom. The summed E-state index contributed by atoms with van der Waals surface area (Å²) in [5.41, 5.74) is 0.757. The first kappa shape index (κ1) is 19.7. The molecule has 1 aromatic carbocycles. The van der Waals surface area contributed by atoms with Crippen LogP contribution in [0.5, 0.6) is 5.75 Å². The van der Waals surface area contributed by atoms with Crippen LogP contribution in [-0.2, 0) is 0 Å². The van der Waals surface area contributed by atoms with Crippen molar-refractivity contribution in [1.29, 1.82) is 0 Å². The van der Waals surface area contributed by atoms with E-state index >= 15 is 0 Å². The molecule has 5 nitrogen and oxygen atoms in total. The summed E-state index contributed by atoms with van der Waals surface area (Å²) in [5, 5.41) is 13.7. The van der Waals surface area contributed by atoms with E-state index < -0.39 is 12.2 Å². The molecule has 0 bridgehead atoms. The fourth-order valence-corrected chi connectivity index (χ4v) is 2.68. The van der Waals surface area contributed by atoms with Crippen molar-refractivity contribution < 1.29 is 14.6 Å². The van der Waals surface area contributed by atoms with Gasteiger partial charge >= 0.3 is 6.09 Å². The van der Waals surface area contributed by atoms with Crippen molar-refractivity contribution in [2.24, 2.45) is 0 Å². The number of carbonyl (C=O) groups is 1. The van der Waals surface area contributed by atoms with E-state index in [2.05, 4.69) is 5.32 Å². The lowest BCUT2D eigenvalue weighted by Gasteiger charge is -2.24. The van der Waals surface area contributed by atoms with Gasteiger partial charge in [0.2, 0.25) is 0 Å². The van der Waals surface area contributed by atoms with Crippen molar-refractivity contribution in [2.45, 2.75) is 44.2 Å². The second kappa shape index (κ2) is 9.75. The number of ether oxygens (including phenoxy) is 1. The summed E-state index contributed by atoms with van der Waals surface area (Å²) < 4.78 is 5.22. The highest BCUT2D eigenvalue weighted by Gasteiger charge is 2.16. The summed E-state index contributed by atoms with van der Waals surface area (Å²) in [4.78, 5) is 12.9. The number of hydrogen-bond acceptors (Lipinski definition) is 4. The average molecular weight is 343 g/mol. The molecule has 1 amide bonds. The van der Waals surface area contributed by atoms with Crippen LogP contribution in [0.15, 0.2) is 24.3 Å². The zero-order valence-corrected chi connectivity index (χ0v) is 14.6. The lowest BCUT2D eigenvalue weighted by atomic mass is 9.95. The SMILES string of the molecule is CN(C)C(=O)Oc1cccc(C(O)CNC2CCCCC2)c1.Cl. The quantitative estimate of drug-likeness (QED) is 0.863. The second-order valence-electron chi connectivity index (χ2n) is 6.09. The first-order valence-corrected chi connectivity index (χ1v) is 7.97. The third-order valence-corrected chi connectivity index (χ3v) is 4.02. The van der Waals surface area contributed by atoms with Gasteiger partial charge in [0.15, 0.2) is 0 Å². The van der Waals surface area contributed by atoms with Crippen molar-refractivity contribution in [2.75, 3.05) is 20.6 Å². The number of benzene rings is 1. The van der Waals surface area contributed by atoms with Gasteiger partial charge in [-0.3, -0.25) is 0 Å². The van der Waals surface area contributed by atoms with Crippen molar-refractivity contribution in [3.05, 3.63) is 29.8 Å². The van der Waals surface area contributed by atoms with Crippen LogP contribution in [0.1, 0.15) is 43.8 Å². The van der Waals surface area contributed by atoms with Crippen molar-refractivity contribution in [3.63, 3.8) is 0 Å². The minimum absolute atomic E-state index is 0. The molecule has 1 aromatic rings. The van der Waals surface area contributed by atoms with Crippen LogP contribution in [0.4, 0.5) is 4.79 Å². The van der Waals surface area contributed by atoms with E-state index in [0.717, 1.165) is 5.56 Å². The molecule has 2 N–H and O–H groups in total. The Morgan fingerprint density at radius 3 is 2.70 bits per heavy atom. The molecule has 0 saturated heterocycles. The van der Waals surface area contributed by atoms with E-state index in [1.54, 1.807) is 32.3 Å². The van der Waals surface area contributed by atoms with Gasteiger partial charge < -0.3 is 20.1 Å². The number of nitrogens with one attached hydrogen (secondary N) is 1. The molecule has 1 aliphatic rings. The second-order valence-corrected chi connectivity index (χ2v) is 6.09. The topological polar surface area (TPSA) is 61.8 Å².